The molecule has 0 spiro atoms. The molecule has 1 aromatic carbocycles. The molecule has 1 aliphatic heterocycles. The highest BCUT2D eigenvalue weighted by Crippen LogP contribution is 2.28. The molecule has 0 aliphatic carbocycles. The molecule has 1 aliphatic rings. The van der Waals surface area contributed by atoms with E-state index in [1.807, 2.05) is 19.1 Å². The number of aryl methyl sites for hydroxylation is 1. The molecule has 136 valence electrons. The van der Waals surface area contributed by atoms with Gasteiger partial charge >= 0.3 is 0 Å². The van der Waals surface area contributed by atoms with Gasteiger partial charge in [-0.15, -0.1) is 10.2 Å². The number of likely N-dealkylation sites (tertiary alicyclic amines) is 1. The lowest BCUT2D eigenvalue weighted by molar-refractivity contribution is 0.256. The molecule has 1 atom stereocenters. The normalized spacial score (nSPS) is 16.3. The van der Waals surface area contributed by atoms with Gasteiger partial charge in [-0.3, -0.25) is 4.90 Å². The molecular formula is C19H23ClN6. The number of hydrogen-bond donors (Lipinski definition) is 1. The Morgan fingerprint density at radius 1 is 1.15 bits per heavy atom. The molecule has 3 heterocycles. The fourth-order valence-electron chi connectivity index (χ4n) is 3.66. The Labute approximate surface area is 158 Å². The lowest BCUT2D eigenvalue weighted by Gasteiger charge is -2.29. The van der Waals surface area contributed by atoms with Crippen molar-refractivity contribution in [1.82, 2.24) is 24.7 Å². The molecule has 26 heavy (non-hydrogen) atoms. The molecule has 1 unspecified atom stereocenters. The van der Waals surface area contributed by atoms with Gasteiger partial charge in [-0.2, -0.15) is 9.61 Å². The van der Waals surface area contributed by atoms with Gasteiger partial charge in [-0.05, 0) is 63.0 Å². The molecule has 7 heteroatoms. The Bertz CT molecular complexity index is 898. The number of fused-ring (bicyclic) bond motifs is 1. The van der Waals surface area contributed by atoms with Crippen LogP contribution in [0.3, 0.4) is 0 Å². The number of nitrogens with one attached hydrogen (secondary N) is 1. The Morgan fingerprint density at radius 3 is 2.62 bits per heavy atom. The molecule has 4 rings (SSSR count). The second kappa shape index (κ2) is 7.21. The Kier molecular flexibility index (Phi) is 4.78. The average Bonchev–Trinajstić information content (AvgIpc) is 3.31. The molecular weight excluding hydrogens is 348 g/mol. The van der Waals surface area contributed by atoms with Crippen molar-refractivity contribution in [3.63, 3.8) is 0 Å². The van der Waals surface area contributed by atoms with Crippen LogP contribution < -0.4 is 5.32 Å². The highest BCUT2D eigenvalue weighted by Gasteiger charge is 2.24. The van der Waals surface area contributed by atoms with Gasteiger partial charge in [0, 0.05) is 11.6 Å². The van der Waals surface area contributed by atoms with Gasteiger partial charge in [0.25, 0.3) is 0 Å². The van der Waals surface area contributed by atoms with Gasteiger partial charge in [-0.1, -0.05) is 23.7 Å². The standard InChI is InChI=1S/C19H23ClN6/c1-13-14(2)24-26-12-22-23-19(26)18(13)21-11-17(25-9-3-4-10-25)15-5-7-16(20)8-6-15/h5-8,12,17,21H,3-4,9-11H2,1-2H3. The number of nitrogens with zero attached hydrogens (tertiary/aromatic N) is 5. The maximum atomic E-state index is 6.09. The summed E-state index contributed by atoms with van der Waals surface area (Å²) in [5.74, 6) is 0. The topological polar surface area (TPSA) is 58.4 Å². The maximum Gasteiger partial charge on any atom is 0.200 e. The second-order valence-corrected chi connectivity index (χ2v) is 7.31. The molecule has 1 N–H and O–H groups in total. The Morgan fingerprint density at radius 2 is 1.88 bits per heavy atom. The highest BCUT2D eigenvalue weighted by molar-refractivity contribution is 6.30. The van der Waals surface area contributed by atoms with E-state index in [1.54, 1.807) is 10.8 Å². The first-order chi connectivity index (χ1) is 12.6. The first-order valence-corrected chi connectivity index (χ1v) is 9.42. The number of rotatable bonds is 5. The van der Waals surface area contributed by atoms with Crippen LogP contribution in [0.4, 0.5) is 5.69 Å². The minimum absolute atomic E-state index is 0.297. The smallest absolute Gasteiger partial charge is 0.200 e. The van der Waals surface area contributed by atoms with Crippen molar-refractivity contribution in [1.29, 1.82) is 0 Å². The first-order valence-electron chi connectivity index (χ1n) is 9.04. The summed E-state index contributed by atoms with van der Waals surface area (Å²) < 4.78 is 1.73. The molecule has 0 amide bonds. The van der Waals surface area contributed by atoms with Crippen LogP contribution in [0.5, 0.6) is 0 Å². The fraction of sp³-hybridized carbons (Fsp3) is 0.421. The van der Waals surface area contributed by atoms with Crippen LogP contribution in [-0.2, 0) is 0 Å². The SMILES string of the molecule is Cc1nn2cnnc2c(NCC(c2ccc(Cl)cc2)N2CCCC2)c1C. The molecule has 0 saturated carbocycles. The van der Waals surface area contributed by atoms with E-state index in [1.165, 1.54) is 18.4 Å². The van der Waals surface area contributed by atoms with Gasteiger partial charge < -0.3 is 5.32 Å². The van der Waals surface area contributed by atoms with E-state index in [2.05, 4.69) is 44.6 Å². The number of anilines is 1. The summed E-state index contributed by atoms with van der Waals surface area (Å²) >= 11 is 6.09. The van der Waals surface area contributed by atoms with E-state index in [9.17, 15) is 0 Å². The minimum atomic E-state index is 0.297. The number of halogens is 1. The highest BCUT2D eigenvalue weighted by atomic mass is 35.5. The van der Waals surface area contributed by atoms with Crippen LogP contribution in [0.2, 0.25) is 5.02 Å². The van der Waals surface area contributed by atoms with Crippen LogP contribution in [0.15, 0.2) is 30.6 Å². The molecule has 6 nitrogen and oxygen atoms in total. The van der Waals surface area contributed by atoms with Crippen molar-refractivity contribution in [2.45, 2.75) is 32.7 Å². The summed E-state index contributed by atoms with van der Waals surface area (Å²) in [6.07, 6.45) is 4.15. The summed E-state index contributed by atoms with van der Waals surface area (Å²) in [6.45, 7) is 7.14. The van der Waals surface area contributed by atoms with Crippen LogP contribution in [-0.4, -0.2) is 44.3 Å². The molecule has 1 fully saturated rings. The van der Waals surface area contributed by atoms with Gasteiger partial charge in [0.05, 0.1) is 17.4 Å². The molecule has 2 aromatic heterocycles. The number of benzene rings is 1. The predicted molar refractivity (Wildman–Crippen MR) is 104 cm³/mol. The molecule has 0 bridgehead atoms. The van der Waals surface area contributed by atoms with Crippen LogP contribution in [0.1, 0.15) is 35.7 Å². The van der Waals surface area contributed by atoms with E-state index in [0.29, 0.717) is 6.04 Å². The zero-order chi connectivity index (χ0) is 18.1. The van der Waals surface area contributed by atoms with Crippen LogP contribution >= 0.6 is 11.6 Å². The third-order valence-electron chi connectivity index (χ3n) is 5.24. The van der Waals surface area contributed by atoms with Crippen molar-refractivity contribution in [3.05, 3.63) is 52.4 Å². The van der Waals surface area contributed by atoms with E-state index < -0.39 is 0 Å². The molecule has 1 saturated heterocycles. The van der Waals surface area contributed by atoms with Gasteiger partial charge in [-0.25, -0.2) is 0 Å². The first kappa shape index (κ1) is 17.2. The zero-order valence-electron chi connectivity index (χ0n) is 15.1. The quantitative estimate of drug-likeness (QED) is 0.743. The average molecular weight is 371 g/mol. The summed E-state index contributed by atoms with van der Waals surface area (Å²) in [4.78, 5) is 2.54. The van der Waals surface area contributed by atoms with Crippen LogP contribution in [0, 0.1) is 13.8 Å². The van der Waals surface area contributed by atoms with E-state index in [4.69, 9.17) is 11.6 Å². The van der Waals surface area contributed by atoms with Gasteiger partial charge in [0.1, 0.15) is 6.33 Å². The van der Waals surface area contributed by atoms with Crippen molar-refractivity contribution < 1.29 is 0 Å². The lowest BCUT2D eigenvalue weighted by Crippen LogP contribution is -2.31. The van der Waals surface area contributed by atoms with E-state index in [-0.39, 0.29) is 0 Å². The van der Waals surface area contributed by atoms with Crippen molar-refractivity contribution in [2.75, 3.05) is 25.0 Å². The maximum absolute atomic E-state index is 6.09. The third-order valence-corrected chi connectivity index (χ3v) is 5.49. The monoisotopic (exact) mass is 370 g/mol. The van der Waals surface area contributed by atoms with Crippen molar-refractivity contribution in [3.8, 4) is 0 Å². The molecule has 0 radical (unpaired) electrons. The van der Waals surface area contributed by atoms with Crippen molar-refractivity contribution >= 4 is 22.9 Å². The third kappa shape index (κ3) is 3.27. The fourth-order valence-corrected chi connectivity index (χ4v) is 3.79. The summed E-state index contributed by atoms with van der Waals surface area (Å²) in [6, 6.07) is 8.50. The molecule has 3 aromatic rings. The Balaban J connectivity index is 1.63. The van der Waals surface area contributed by atoms with Crippen molar-refractivity contribution in [2.24, 2.45) is 0 Å². The zero-order valence-corrected chi connectivity index (χ0v) is 15.9. The lowest BCUT2D eigenvalue weighted by atomic mass is 10.1. The summed E-state index contributed by atoms with van der Waals surface area (Å²) in [5, 5.41) is 17.1. The van der Waals surface area contributed by atoms with Crippen LogP contribution in [0.25, 0.3) is 5.65 Å². The summed E-state index contributed by atoms with van der Waals surface area (Å²) in [5.41, 5.74) is 5.15. The largest absolute Gasteiger partial charge is 0.380 e. The van der Waals surface area contributed by atoms with Gasteiger partial charge in [0.2, 0.25) is 5.65 Å². The van der Waals surface area contributed by atoms with E-state index >= 15 is 0 Å². The number of hydrogen-bond acceptors (Lipinski definition) is 5. The predicted octanol–water partition coefficient (Wildman–Crippen LogP) is 3.64. The number of aromatic nitrogens is 4. The minimum Gasteiger partial charge on any atom is -0.380 e. The van der Waals surface area contributed by atoms with E-state index in [0.717, 1.165) is 47.2 Å². The summed E-state index contributed by atoms with van der Waals surface area (Å²) in [7, 11) is 0. The second-order valence-electron chi connectivity index (χ2n) is 6.88. The van der Waals surface area contributed by atoms with Gasteiger partial charge in [0.15, 0.2) is 0 Å². The Hall–Kier alpha value is -2.18.